The maximum atomic E-state index is 13.1. The molecule has 0 atom stereocenters. The summed E-state index contributed by atoms with van der Waals surface area (Å²) in [6.07, 6.45) is 1.82. The molecule has 1 aliphatic rings. The number of para-hydroxylation sites is 1. The number of halogens is 2. The van der Waals surface area contributed by atoms with Gasteiger partial charge in [0.1, 0.15) is 12.4 Å². The van der Waals surface area contributed by atoms with Gasteiger partial charge in [0.15, 0.2) is 0 Å². The van der Waals surface area contributed by atoms with E-state index in [1.807, 2.05) is 39.9 Å². The third-order valence-corrected chi connectivity index (χ3v) is 5.17. The Labute approximate surface area is 156 Å². The summed E-state index contributed by atoms with van der Waals surface area (Å²) in [5, 5.41) is 1.62. The number of carbonyl (C=O) groups excluding carboxylic acids is 1. The van der Waals surface area contributed by atoms with Crippen molar-refractivity contribution in [2.45, 2.75) is 6.54 Å². The first-order valence-electron chi connectivity index (χ1n) is 8.63. The lowest BCUT2D eigenvalue weighted by Gasteiger charge is -2.36. The fourth-order valence-corrected chi connectivity index (χ4v) is 3.72. The third-order valence-electron chi connectivity index (χ3n) is 4.87. The first kappa shape index (κ1) is 16.9. The van der Waals surface area contributed by atoms with Gasteiger partial charge in [-0.2, -0.15) is 0 Å². The number of hydrogen-bond donors (Lipinski definition) is 0. The van der Waals surface area contributed by atoms with Crippen molar-refractivity contribution in [2.75, 3.05) is 31.1 Å². The Hall–Kier alpha value is -2.53. The summed E-state index contributed by atoms with van der Waals surface area (Å²) < 4.78 is 15.0. The van der Waals surface area contributed by atoms with E-state index >= 15 is 0 Å². The van der Waals surface area contributed by atoms with Crippen LogP contribution in [0.2, 0.25) is 5.02 Å². The number of rotatable bonds is 3. The van der Waals surface area contributed by atoms with E-state index in [4.69, 9.17) is 11.6 Å². The monoisotopic (exact) mass is 371 g/mol. The van der Waals surface area contributed by atoms with E-state index in [2.05, 4.69) is 4.90 Å². The summed E-state index contributed by atoms with van der Waals surface area (Å²) in [6.45, 7) is 3.07. The number of carbonyl (C=O) groups is 1. The fraction of sp³-hybridized carbons (Fsp3) is 0.250. The van der Waals surface area contributed by atoms with E-state index in [0.717, 1.165) is 29.7 Å². The predicted molar refractivity (Wildman–Crippen MR) is 102 cm³/mol. The van der Waals surface area contributed by atoms with Crippen LogP contribution in [0.25, 0.3) is 10.9 Å². The molecule has 134 valence electrons. The molecular weight excluding hydrogens is 353 g/mol. The fourth-order valence-electron chi connectivity index (χ4n) is 3.44. The molecule has 2 aromatic carbocycles. The Kier molecular flexibility index (Phi) is 4.55. The van der Waals surface area contributed by atoms with Crippen LogP contribution in [0.3, 0.4) is 0 Å². The average Bonchev–Trinajstić information content (AvgIpc) is 2.98. The summed E-state index contributed by atoms with van der Waals surface area (Å²) in [4.78, 5) is 16.8. The van der Waals surface area contributed by atoms with E-state index in [1.165, 1.54) is 12.1 Å². The molecular formula is C20H19ClFN3O. The van der Waals surface area contributed by atoms with Crippen molar-refractivity contribution < 1.29 is 9.18 Å². The minimum absolute atomic E-state index is 0.0844. The Morgan fingerprint density at radius 2 is 1.69 bits per heavy atom. The lowest BCUT2D eigenvalue weighted by molar-refractivity contribution is -0.132. The van der Waals surface area contributed by atoms with Gasteiger partial charge in [-0.3, -0.25) is 4.79 Å². The van der Waals surface area contributed by atoms with E-state index < -0.39 is 0 Å². The lowest BCUT2D eigenvalue weighted by atomic mass is 10.2. The van der Waals surface area contributed by atoms with Gasteiger partial charge in [0.2, 0.25) is 5.91 Å². The molecule has 0 spiro atoms. The summed E-state index contributed by atoms with van der Waals surface area (Å²) in [5.41, 5.74) is 1.96. The van der Waals surface area contributed by atoms with Crippen molar-refractivity contribution in [3.05, 3.63) is 65.6 Å². The number of piperazine rings is 1. The second kappa shape index (κ2) is 7.00. The van der Waals surface area contributed by atoms with Gasteiger partial charge in [-0.1, -0.05) is 29.8 Å². The number of hydrogen-bond acceptors (Lipinski definition) is 2. The van der Waals surface area contributed by atoms with Crippen molar-refractivity contribution in [1.29, 1.82) is 0 Å². The average molecular weight is 372 g/mol. The highest BCUT2D eigenvalue weighted by Gasteiger charge is 2.22. The normalized spacial score (nSPS) is 14.8. The number of amides is 1. The highest BCUT2D eigenvalue weighted by molar-refractivity contribution is 6.35. The minimum Gasteiger partial charge on any atom is -0.368 e. The van der Waals surface area contributed by atoms with Crippen LogP contribution in [-0.4, -0.2) is 41.6 Å². The Morgan fingerprint density at radius 1 is 1.00 bits per heavy atom. The van der Waals surface area contributed by atoms with Gasteiger partial charge in [0, 0.05) is 43.4 Å². The molecule has 3 aromatic rings. The van der Waals surface area contributed by atoms with Gasteiger partial charge in [0.25, 0.3) is 0 Å². The molecule has 2 heterocycles. The summed E-state index contributed by atoms with van der Waals surface area (Å²) in [6, 6.07) is 14.3. The molecule has 1 saturated heterocycles. The van der Waals surface area contributed by atoms with Crippen molar-refractivity contribution >= 4 is 34.1 Å². The van der Waals surface area contributed by atoms with Crippen molar-refractivity contribution in [1.82, 2.24) is 9.47 Å². The van der Waals surface area contributed by atoms with E-state index in [9.17, 15) is 9.18 Å². The molecule has 1 amide bonds. The smallest absolute Gasteiger partial charge is 0.242 e. The zero-order chi connectivity index (χ0) is 18.1. The zero-order valence-electron chi connectivity index (χ0n) is 14.2. The van der Waals surface area contributed by atoms with Crippen molar-refractivity contribution in [3.63, 3.8) is 0 Å². The number of benzene rings is 2. The van der Waals surface area contributed by atoms with E-state index in [-0.39, 0.29) is 18.3 Å². The van der Waals surface area contributed by atoms with Gasteiger partial charge in [0.05, 0.1) is 10.5 Å². The van der Waals surface area contributed by atoms with Crippen LogP contribution < -0.4 is 4.90 Å². The van der Waals surface area contributed by atoms with Crippen LogP contribution in [0.1, 0.15) is 0 Å². The molecule has 0 aliphatic carbocycles. The van der Waals surface area contributed by atoms with Crippen LogP contribution >= 0.6 is 11.6 Å². The molecule has 0 bridgehead atoms. The van der Waals surface area contributed by atoms with Gasteiger partial charge in [-0.05, 0) is 30.3 Å². The molecule has 0 unspecified atom stereocenters. The summed E-state index contributed by atoms with van der Waals surface area (Å²) in [5.74, 6) is -0.152. The quantitative estimate of drug-likeness (QED) is 0.701. The topological polar surface area (TPSA) is 28.5 Å². The number of fused-ring (bicyclic) bond motifs is 1. The number of aromatic nitrogens is 1. The summed E-state index contributed by atoms with van der Waals surface area (Å²) >= 11 is 6.27. The van der Waals surface area contributed by atoms with Crippen LogP contribution in [0, 0.1) is 5.82 Å². The zero-order valence-corrected chi connectivity index (χ0v) is 15.0. The maximum Gasteiger partial charge on any atom is 0.242 e. The maximum absolute atomic E-state index is 13.1. The third kappa shape index (κ3) is 3.27. The predicted octanol–water partition coefficient (Wildman–Crippen LogP) is 3.78. The minimum atomic E-state index is -0.236. The van der Waals surface area contributed by atoms with Gasteiger partial charge >= 0.3 is 0 Å². The first-order valence-corrected chi connectivity index (χ1v) is 9.01. The van der Waals surface area contributed by atoms with Crippen LogP contribution in [0.4, 0.5) is 10.1 Å². The molecule has 26 heavy (non-hydrogen) atoms. The van der Waals surface area contributed by atoms with E-state index in [0.29, 0.717) is 18.1 Å². The first-order chi connectivity index (χ1) is 12.6. The molecule has 0 N–H and O–H groups in total. The van der Waals surface area contributed by atoms with Crippen molar-refractivity contribution in [2.24, 2.45) is 0 Å². The lowest BCUT2D eigenvalue weighted by Crippen LogP contribution is -2.49. The second-order valence-corrected chi connectivity index (χ2v) is 6.87. The van der Waals surface area contributed by atoms with Gasteiger partial charge in [-0.25, -0.2) is 4.39 Å². The molecule has 1 aromatic heterocycles. The largest absolute Gasteiger partial charge is 0.368 e. The van der Waals surface area contributed by atoms with E-state index in [1.54, 1.807) is 12.1 Å². The standard InChI is InChI=1S/C20H19ClFN3O/c21-18-13-25(19-4-2-1-3-17(18)19)14-20(26)24-11-9-23(10-12-24)16-7-5-15(22)6-8-16/h1-8,13H,9-12,14H2. The highest BCUT2D eigenvalue weighted by Crippen LogP contribution is 2.25. The Bertz CT molecular complexity index is 930. The molecule has 4 rings (SSSR count). The molecule has 6 heteroatoms. The van der Waals surface area contributed by atoms with Gasteiger partial charge < -0.3 is 14.4 Å². The number of nitrogens with zero attached hydrogens (tertiary/aromatic N) is 3. The van der Waals surface area contributed by atoms with Crippen LogP contribution in [-0.2, 0) is 11.3 Å². The molecule has 4 nitrogen and oxygen atoms in total. The highest BCUT2D eigenvalue weighted by atomic mass is 35.5. The Balaban J connectivity index is 1.41. The van der Waals surface area contributed by atoms with Crippen LogP contribution in [0.15, 0.2) is 54.7 Å². The SMILES string of the molecule is O=C(Cn1cc(Cl)c2ccccc21)N1CCN(c2ccc(F)cc2)CC1. The molecule has 0 saturated carbocycles. The van der Waals surface area contributed by atoms with Crippen LogP contribution in [0.5, 0.6) is 0 Å². The second-order valence-electron chi connectivity index (χ2n) is 6.47. The van der Waals surface area contributed by atoms with Gasteiger partial charge in [-0.15, -0.1) is 0 Å². The molecule has 0 radical (unpaired) electrons. The Morgan fingerprint density at radius 3 is 2.42 bits per heavy atom. The van der Waals surface area contributed by atoms with Crippen molar-refractivity contribution in [3.8, 4) is 0 Å². The molecule has 1 fully saturated rings. The number of anilines is 1. The molecule has 1 aliphatic heterocycles. The summed E-state index contributed by atoms with van der Waals surface area (Å²) in [7, 11) is 0.